The number of ether oxygens (including phenoxy) is 1. The molecule has 1 atom stereocenters. The molecule has 1 unspecified atom stereocenters. The maximum atomic E-state index is 13.7. The first-order valence-corrected chi connectivity index (χ1v) is 9.77. The van der Waals surface area contributed by atoms with Gasteiger partial charge in [0.1, 0.15) is 11.6 Å². The van der Waals surface area contributed by atoms with Crippen LogP contribution in [-0.2, 0) is 11.2 Å². The van der Waals surface area contributed by atoms with Gasteiger partial charge in [-0.2, -0.15) is 0 Å². The van der Waals surface area contributed by atoms with Gasteiger partial charge in [-0.25, -0.2) is 8.78 Å². The van der Waals surface area contributed by atoms with Crippen molar-refractivity contribution in [1.82, 2.24) is 10.3 Å². The van der Waals surface area contributed by atoms with Crippen molar-refractivity contribution >= 4 is 5.57 Å². The number of likely N-dealkylation sites (N-methyl/N-ethyl adjacent to an activating group) is 1. The number of hydrogen-bond acceptors (Lipinski definition) is 3. The quantitative estimate of drug-likeness (QED) is 0.446. The number of allylic oxidation sites excluding steroid dienone is 4. The molecular formula is C24H30F2N2O. The average molecular weight is 401 g/mol. The van der Waals surface area contributed by atoms with Crippen molar-refractivity contribution in [2.45, 2.75) is 40.2 Å². The van der Waals surface area contributed by atoms with Crippen LogP contribution in [0.2, 0.25) is 0 Å². The Morgan fingerprint density at radius 3 is 2.38 bits per heavy atom. The maximum Gasteiger partial charge on any atom is 0.126 e. The molecule has 0 bridgehead atoms. The number of hydrogen-bond donors (Lipinski definition) is 1. The third-order valence-corrected chi connectivity index (χ3v) is 4.91. The van der Waals surface area contributed by atoms with Gasteiger partial charge >= 0.3 is 0 Å². The van der Waals surface area contributed by atoms with Gasteiger partial charge in [0.2, 0.25) is 0 Å². The lowest BCUT2D eigenvalue weighted by atomic mass is 9.87. The van der Waals surface area contributed by atoms with Crippen molar-refractivity contribution in [2.24, 2.45) is 5.92 Å². The fraction of sp³-hybridized carbons (Fsp3) is 0.375. The van der Waals surface area contributed by atoms with E-state index >= 15 is 0 Å². The number of aromatic nitrogens is 1. The van der Waals surface area contributed by atoms with Gasteiger partial charge in [-0.15, -0.1) is 0 Å². The summed E-state index contributed by atoms with van der Waals surface area (Å²) in [6.45, 7) is 8.26. The number of halogens is 2. The second-order valence-corrected chi connectivity index (χ2v) is 7.47. The lowest BCUT2D eigenvalue weighted by Crippen LogP contribution is -2.22. The van der Waals surface area contributed by atoms with E-state index in [-0.39, 0.29) is 12.0 Å². The summed E-state index contributed by atoms with van der Waals surface area (Å²) < 4.78 is 32.6. The molecule has 0 aliphatic carbocycles. The van der Waals surface area contributed by atoms with Gasteiger partial charge in [0.25, 0.3) is 0 Å². The molecule has 0 fully saturated rings. The summed E-state index contributed by atoms with van der Waals surface area (Å²) in [4.78, 5) is 4.64. The average Bonchev–Trinajstić information content (AvgIpc) is 2.65. The van der Waals surface area contributed by atoms with Gasteiger partial charge in [0.05, 0.1) is 24.6 Å². The molecule has 0 radical (unpaired) electrons. The van der Waals surface area contributed by atoms with Crippen LogP contribution in [0.5, 0.6) is 0 Å². The second kappa shape index (κ2) is 10.3. The Morgan fingerprint density at radius 2 is 1.83 bits per heavy atom. The van der Waals surface area contributed by atoms with Gasteiger partial charge in [0.15, 0.2) is 0 Å². The summed E-state index contributed by atoms with van der Waals surface area (Å²) >= 11 is 0. The molecule has 0 saturated carbocycles. The molecule has 29 heavy (non-hydrogen) atoms. The number of methoxy groups -OCH3 is 1. The molecule has 1 N–H and O–H groups in total. The first-order valence-electron chi connectivity index (χ1n) is 9.77. The number of nitrogens with one attached hydrogen (secondary N) is 1. The van der Waals surface area contributed by atoms with Crippen molar-refractivity contribution in [2.75, 3.05) is 14.2 Å². The Labute approximate surface area is 172 Å². The highest BCUT2D eigenvalue weighted by Crippen LogP contribution is 2.33. The van der Waals surface area contributed by atoms with Crippen LogP contribution in [0.3, 0.4) is 0 Å². The number of benzene rings is 1. The minimum absolute atomic E-state index is 0.193. The van der Waals surface area contributed by atoms with Gasteiger partial charge < -0.3 is 10.1 Å². The minimum Gasteiger partial charge on any atom is -0.501 e. The molecule has 2 aromatic rings. The Bertz CT molecular complexity index is 883. The topological polar surface area (TPSA) is 34.2 Å². The fourth-order valence-corrected chi connectivity index (χ4v) is 3.64. The van der Waals surface area contributed by atoms with E-state index in [9.17, 15) is 8.78 Å². The molecule has 156 valence electrons. The Kier molecular flexibility index (Phi) is 8.09. The summed E-state index contributed by atoms with van der Waals surface area (Å²) in [6, 6.07) is 7.39. The lowest BCUT2D eigenvalue weighted by molar-refractivity contribution is 0.293. The Morgan fingerprint density at radius 1 is 1.17 bits per heavy atom. The van der Waals surface area contributed by atoms with Crippen molar-refractivity contribution in [3.63, 3.8) is 0 Å². The molecule has 3 nitrogen and oxygen atoms in total. The number of rotatable bonds is 8. The first kappa shape index (κ1) is 22.8. The monoisotopic (exact) mass is 400 g/mol. The zero-order valence-electron chi connectivity index (χ0n) is 18.0. The SMILES string of the molecule is CNC(Cc1cc(F)cc(F)c1)c1ncccc1/C(=C(C)/C=C(\C)OC)C(C)C. The van der Waals surface area contributed by atoms with E-state index in [2.05, 4.69) is 31.1 Å². The molecular weight excluding hydrogens is 370 g/mol. The molecule has 1 aromatic heterocycles. The third kappa shape index (κ3) is 5.97. The zero-order chi connectivity index (χ0) is 21.6. The standard InChI is InChI=1S/C24H30F2N2O/c1-15(2)23(16(3)10-17(4)29-6)21-8-7-9-28-24(21)22(27-5)13-18-11-19(25)14-20(26)12-18/h7-12,14-15,22,27H,13H2,1-6H3/b17-10+,23-16+. The number of pyridine rings is 1. The molecule has 0 amide bonds. The Balaban J connectivity index is 2.55. The molecule has 1 heterocycles. The number of nitrogens with zero attached hydrogens (tertiary/aromatic N) is 1. The minimum atomic E-state index is -0.574. The van der Waals surface area contributed by atoms with Crippen LogP contribution in [0, 0.1) is 17.6 Å². The summed E-state index contributed by atoms with van der Waals surface area (Å²) in [6.07, 6.45) is 4.19. The molecule has 2 rings (SSSR count). The van der Waals surface area contributed by atoms with E-state index in [0.29, 0.717) is 12.0 Å². The highest BCUT2D eigenvalue weighted by atomic mass is 19.1. The van der Waals surface area contributed by atoms with Crippen LogP contribution >= 0.6 is 0 Å². The second-order valence-electron chi connectivity index (χ2n) is 7.47. The van der Waals surface area contributed by atoms with Crippen LogP contribution < -0.4 is 5.32 Å². The molecule has 0 spiro atoms. The summed E-state index contributed by atoms with van der Waals surface area (Å²) in [5, 5.41) is 3.26. The van der Waals surface area contributed by atoms with Crippen molar-refractivity contribution in [1.29, 1.82) is 0 Å². The first-order chi connectivity index (χ1) is 13.8. The third-order valence-electron chi connectivity index (χ3n) is 4.91. The molecule has 0 aliphatic rings. The highest BCUT2D eigenvalue weighted by Gasteiger charge is 2.21. The van der Waals surface area contributed by atoms with E-state index in [1.807, 2.05) is 32.2 Å². The predicted molar refractivity (Wildman–Crippen MR) is 114 cm³/mol. The summed E-state index contributed by atoms with van der Waals surface area (Å²) in [5.74, 6) is -0.0701. The van der Waals surface area contributed by atoms with Crippen LogP contribution in [0.1, 0.15) is 50.6 Å². The maximum absolute atomic E-state index is 13.7. The van der Waals surface area contributed by atoms with Crippen molar-refractivity contribution in [3.05, 3.63) is 82.4 Å². The van der Waals surface area contributed by atoms with Gasteiger partial charge in [-0.1, -0.05) is 19.9 Å². The van der Waals surface area contributed by atoms with E-state index in [1.54, 1.807) is 13.3 Å². The van der Waals surface area contributed by atoms with Crippen molar-refractivity contribution < 1.29 is 13.5 Å². The normalized spacial score (nSPS) is 14.0. The smallest absolute Gasteiger partial charge is 0.126 e. The molecule has 0 saturated heterocycles. The van der Waals surface area contributed by atoms with Crippen LogP contribution in [0.25, 0.3) is 5.57 Å². The summed E-state index contributed by atoms with van der Waals surface area (Å²) in [5.41, 5.74) is 4.72. The van der Waals surface area contributed by atoms with E-state index in [0.717, 1.165) is 34.2 Å². The highest BCUT2D eigenvalue weighted by molar-refractivity contribution is 5.73. The zero-order valence-corrected chi connectivity index (χ0v) is 18.0. The molecule has 5 heteroatoms. The van der Waals surface area contributed by atoms with Crippen LogP contribution in [-0.4, -0.2) is 19.1 Å². The summed E-state index contributed by atoms with van der Waals surface area (Å²) in [7, 11) is 3.48. The molecule has 1 aromatic carbocycles. The van der Waals surface area contributed by atoms with E-state index < -0.39 is 11.6 Å². The van der Waals surface area contributed by atoms with Gasteiger partial charge in [-0.3, -0.25) is 4.98 Å². The predicted octanol–water partition coefficient (Wildman–Crippen LogP) is 5.84. The largest absolute Gasteiger partial charge is 0.501 e. The lowest BCUT2D eigenvalue weighted by Gasteiger charge is -2.23. The van der Waals surface area contributed by atoms with E-state index in [1.165, 1.54) is 12.1 Å². The molecule has 0 aliphatic heterocycles. The van der Waals surface area contributed by atoms with Crippen LogP contribution in [0.15, 0.2) is 53.9 Å². The van der Waals surface area contributed by atoms with E-state index in [4.69, 9.17) is 4.74 Å². The Hall–Kier alpha value is -2.53. The van der Waals surface area contributed by atoms with Gasteiger partial charge in [-0.05, 0) is 74.2 Å². The van der Waals surface area contributed by atoms with Crippen molar-refractivity contribution in [3.8, 4) is 0 Å². The van der Waals surface area contributed by atoms with Gasteiger partial charge in [0, 0.05) is 17.8 Å². The fourth-order valence-electron chi connectivity index (χ4n) is 3.64. The van der Waals surface area contributed by atoms with Crippen LogP contribution in [0.4, 0.5) is 8.78 Å².